The van der Waals surface area contributed by atoms with E-state index in [0.717, 1.165) is 38.6 Å². The molecule has 6 heteroatoms. The summed E-state index contributed by atoms with van der Waals surface area (Å²) < 4.78 is 19.0. The minimum absolute atomic E-state index is 0.134. The fourth-order valence-electron chi connectivity index (χ4n) is 3.57. The molecule has 0 aromatic heterocycles. The van der Waals surface area contributed by atoms with Gasteiger partial charge in [0.1, 0.15) is 0 Å². The van der Waals surface area contributed by atoms with Gasteiger partial charge in [0.25, 0.3) is 0 Å². The molecule has 0 saturated carbocycles. The number of hydrogen-bond donors (Lipinski definition) is 0. The van der Waals surface area contributed by atoms with Crippen LogP contribution in [0.4, 0.5) is 0 Å². The zero-order valence-electron chi connectivity index (χ0n) is 12.5. The number of hydrogen-bond acceptors (Lipinski definition) is 5. The average molecular weight is 286 g/mol. The van der Waals surface area contributed by atoms with Crippen LogP contribution in [0.15, 0.2) is 0 Å². The Balaban J connectivity index is 1.72. The van der Waals surface area contributed by atoms with E-state index in [0.29, 0.717) is 0 Å². The Morgan fingerprint density at radius 1 is 1.32 bits per heavy atom. The molecular formula is C13H26N2O3Si. The standard InChI is InChI=1S/C13H26N2O3Si/c1-11-8-15-9-12-13(2,10-15)18-19(16-11,17-12)7-5-6-14(3)4/h11-12H,5-10H2,1-4H3. The van der Waals surface area contributed by atoms with Gasteiger partial charge in [0, 0.05) is 25.7 Å². The molecule has 0 amide bonds. The second kappa shape index (κ2) is 4.79. The molecule has 0 spiro atoms. The Morgan fingerprint density at radius 3 is 2.79 bits per heavy atom. The third-order valence-electron chi connectivity index (χ3n) is 4.34. The summed E-state index contributed by atoms with van der Waals surface area (Å²) in [5, 5.41) is 0. The molecule has 0 aliphatic carbocycles. The van der Waals surface area contributed by atoms with Gasteiger partial charge in [-0.15, -0.1) is 0 Å². The second-order valence-corrected chi connectivity index (χ2v) is 9.28. The van der Waals surface area contributed by atoms with Crippen LogP contribution in [0.3, 0.4) is 0 Å². The summed E-state index contributed by atoms with van der Waals surface area (Å²) in [5.41, 5.74) is -0.134. The lowest BCUT2D eigenvalue weighted by Gasteiger charge is -2.36. The Kier molecular flexibility index (Phi) is 3.52. The molecule has 4 bridgehead atoms. The van der Waals surface area contributed by atoms with E-state index in [1.807, 2.05) is 0 Å². The fraction of sp³-hybridized carbons (Fsp3) is 1.00. The van der Waals surface area contributed by atoms with Crippen LogP contribution >= 0.6 is 0 Å². The highest BCUT2D eigenvalue weighted by Crippen LogP contribution is 2.44. The van der Waals surface area contributed by atoms with E-state index in [2.05, 4.69) is 37.7 Å². The molecule has 0 aromatic rings. The first kappa shape index (κ1) is 14.0. The Hall–Kier alpha value is 0.0169. The summed E-state index contributed by atoms with van der Waals surface area (Å²) in [7, 11) is 1.76. The van der Waals surface area contributed by atoms with Gasteiger partial charge < -0.3 is 18.2 Å². The smallest absolute Gasteiger partial charge is 0.369 e. The maximum atomic E-state index is 6.42. The van der Waals surface area contributed by atoms with Crippen LogP contribution in [-0.4, -0.2) is 76.7 Å². The van der Waals surface area contributed by atoms with Gasteiger partial charge >= 0.3 is 8.80 Å². The first-order valence-corrected chi connectivity index (χ1v) is 9.27. The topological polar surface area (TPSA) is 34.2 Å². The summed E-state index contributed by atoms with van der Waals surface area (Å²) in [6.07, 6.45) is 1.51. The molecule has 0 aromatic carbocycles. The van der Waals surface area contributed by atoms with Gasteiger partial charge in [-0.3, -0.25) is 4.90 Å². The first-order chi connectivity index (χ1) is 8.91. The Bertz CT molecular complexity index is 357. The Morgan fingerprint density at radius 2 is 2.11 bits per heavy atom. The van der Waals surface area contributed by atoms with Crippen molar-refractivity contribution in [3.8, 4) is 0 Å². The van der Waals surface area contributed by atoms with Crippen molar-refractivity contribution in [1.29, 1.82) is 0 Å². The molecule has 4 fully saturated rings. The van der Waals surface area contributed by atoms with Crippen molar-refractivity contribution >= 4 is 8.80 Å². The predicted molar refractivity (Wildman–Crippen MR) is 75.1 cm³/mol. The normalized spacial score (nSPS) is 48.8. The van der Waals surface area contributed by atoms with E-state index in [1.54, 1.807) is 0 Å². The minimum atomic E-state index is -2.45. The van der Waals surface area contributed by atoms with E-state index in [-0.39, 0.29) is 17.8 Å². The highest BCUT2D eigenvalue weighted by molar-refractivity contribution is 6.61. The molecule has 4 rings (SSSR count). The predicted octanol–water partition coefficient (Wildman–Crippen LogP) is 0.785. The average Bonchev–Trinajstić information content (AvgIpc) is 2.64. The molecule has 5 atom stereocenters. The molecule has 4 heterocycles. The molecule has 4 saturated heterocycles. The van der Waals surface area contributed by atoms with Crippen molar-refractivity contribution in [1.82, 2.24) is 9.80 Å². The molecule has 5 unspecified atom stereocenters. The first-order valence-electron chi connectivity index (χ1n) is 7.34. The van der Waals surface area contributed by atoms with Crippen molar-refractivity contribution in [3.05, 3.63) is 0 Å². The third kappa shape index (κ3) is 2.62. The molecule has 0 N–H and O–H groups in total. The molecule has 0 radical (unpaired) electrons. The van der Waals surface area contributed by atoms with Gasteiger partial charge in [0.2, 0.25) is 0 Å². The van der Waals surface area contributed by atoms with Gasteiger partial charge in [0.15, 0.2) is 0 Å². The van der Waals surface area contributed by atoms with Crippen LogP contribution in [0, 0.1) is 0 Å². The van der Waals surface area contributed by atoms with E-state index in [1.165, 1.54) is 0 Å². The van der Waals surface area contributed by atoms with E-state index in [4.69, 9.17) is 13.3 Å². The highest BCUT2D eigenvalue weighted by atomic mass is 28.4. The van der Waals surface area contributed by atoms with Crippen LogP contribution in [0.1, 0.15) is 20.3 Å². The lowest BCUT2D eigenvalue weighted by Crippen LogP contribution is -2.52. The molecular weight excluding hydrogens is 260 g/mol. The molecule has 19 heavy (non-hydrogen) atoms. The van der Waals surface area contributed by atoms with Crippen LogP contribution in [0.5, 0.6) is 0 Å². The van der Waals surface area contributed by atoms with Crippen molar-refractivity contribution in [3.63, 3.8) is 0 Å². The quantitative estimate of drug-likeness (QED) is 0.714. The van der Waals surface area contributed by atoms with Crippen LogP contribution < -0.4 is 0 Å². The second-order valence-electron chi connectivity index (χ2n) is 6.73. The van der Waals surface area contributed by atoms with Gasteiger partial charge in [0.05, 0.1) is 17.8 Å². The monoisotopic (exact) mass is 286 g/mol. The van der Waals surface area contributed by atoms with E-state index >= 15 is 0 Å². The molecule has 4 aliphatic heterocycles. The largest absolute Gasteiger partial charge is 0.502 e. The summed E-state index contributed by atoms with van der Waals surface area (Å²) in [6.45, 7) is 8.41. The molecule has 110 valence electrons. The van der Waals surface area contributed by atoms with Gasteiger partial charge in [-0.25, -0.2) is 0 Å². The number of fused-ring (bicyclic) bond motifs is 2. The Labute approximate surface area is 117 Å². The van der Waals surface area contributed by atoms with Crippen molar-refractivity contribution in [2.45, 2.75) is 44.1 Å². The number of nitrogens with zero attached hydrogens (tertiary/aromatic N) is 2. The van der Waals surface area contributed by atoms with Gasteiger partial charge in [-0.2, -0.15) is 0 Å². The number of rotatable bonds is 4. The third-order valence-corrected chi connectivity index (χ3v) is 7.49. The fourth-order valence-corrected chi connectivity index (χ4v) is 7.00. The lowest BCUT2D eigenvalue weighted by atomic mass is 10.0. The minimum Gasteiger partial charge on any atom is -0.369 e. The maximum absolute atomic E-state index is 6.42. The van der Waals surface area contributed by atoms with E-state index in [9.17, 15) is 0 Å². The van der Waals surface area contributed by atoms with E-state index < -0.39 is 8.80 Å². The summed E-state index contributed by atoms with van der Waals surface area (Å²) in [4.78, 5) is 4.61. The molecule has 5 nitrogen and oxygen atoms in total. The van der Waals surface area contributed by atoms with Gasteiger partial charge in [-0.05, 0) is 40.9 Å². The summed E-state index contributed by atoms with van der Waals surface area (Å²) in [5.74, 6) is 0. The molecule has 4 aliphatic rings. The zero-order valence-corrected chi connectivity index (χ0v) is 13.5. The zero-order chi connectivity index (χ0) is 13.7. The van der Waals surface area contributed by atoms with Crippen molar-refractivity contribution in [2.75, 3.05) is 40.3 Å². The van der Waals surface area contributed by atoms with Crippen molar-refractivity contribution in [2.24, 2.45) is 0 Å². The summed E-state index contributed by atoms with van der Waals surface area (Å²) >= 11 is 0. The summed E-state index contributed by atoms with van der Waals surface area (Å²) in [6, 6.07) is 0.946. The van der Waals surface area contributed by atoms with Crippen LogP contribution in [0.25, 0.3) is 0 Å². The maximum Gasteiger partial charge on any atom is 0.502 e. The van der Waals surface area contributed by atoms with Crippen molar-refractivity contribution < 1.29 is 13.3 Å². The van der Waals surface area contributed by atoms with Crippen LogP contribution in [-0.2, 0) is 13.3 Å². The van der Waals surface area contributed by atoms with Crippen LogP contribution in [0.2, 0.25) is 6.04 Å². The lowest BCUT2D eigenvalue weighted by molar-refractivity contribution is 0.00583. The highest BCUT2D eigenvalue weighted by Gasteiger charge is 2.64. The van der Waals surface area contributed by atoms with Gasteiger partial charge in [-0.1, -0.05) is 0 Å². The SMILES string of the molecule is CC1CN2CC3O[Si](CCCN(C)C)(O1)OC3(C)C2.